The third-order valence-electron chi connectivity index (χ3n) is 6.25. The molecule has 3 aromatic rings. The summed E-state index contributed by atoms with van der Waals surface area (Å²) < 4.78 is 71.0. The van der Waals surface area contributed by atoms with Crippen molar-refractivity contribution in [2.24, 2.45) is 5.92 Å². The van der Waals surface area contributed by atoms with E-state index in [0.717, 1.165) is 12.1 Å². The van der Waals surface area contributed by atoms with E-state index in [-0.39, 0.29) is 40.9 Å². The number of anilines is 1. The minimum atomic E-state index is -4.02. The first-order chi connectivity index (χ1) is 18.1. The van der Waals surface area contributed by atoms with E-state index in [2.05, 4.69) is 10.5 Å². The van der Waals surface area contributed by atoms with Crippen LogP contribution in [-0.4, -0.2) is 51.1 Å². The Morgan fingerprint density at radius 3 is 2.34 bits per heavy atom. The van der Waals surface area contributed by atoms with Gasteiger partial charge >= 0.3 is 0 Å². The van der Waals surface area contributed by atoms with E-state index in [1.165, 1.54) is 43.7 Å². The van der Waals surface area contributed by atoms with Gasteiger partial charge in [-0.25, -0.2) is 17.2 Å². The van der Waals surface area contributed by atoms with E-state index in [4.69, 9.17) is 14.0 Å². The molecular formula is C26H27F2N3O6S. The van der Waals surface area contributed by atoms with Crippen LogP contribution in [0, 0.1) is 24.5 Å². The number of aryl methyl sites for hydroxylation is 1. The highest BCUT2D eigenvalue weighted by Gasteiger charge is 2.36. The van der Waals surface area contributed by atoms with Crippen molar-refractivity contribution >= 4 is 33.8 Å². The number of methoxy groups -OCH3 is 2. The molecule has 0 saturated carbocycles. The summed E-state index contributed by atoms with van der Waals surface area (Å²) in [6.45, 7) is 1.72. The zero-order valence-corrected chi connectivity index (χ0v) is 21.8. The Morgan fingerprint density at radius 1 is 1.08 bits per heavy atom. The highest BCUT2D eigenvalue weighted by molar-refractivity contribution is 7.89. The van der Waals surface area contributed by atoms with Crippen LogP contribution in [-0.2, 0) is 14.8 Å². The molecule has 0 spiro atoms. The van der Waals surface area contributed by atoms with Gasteiger partial charge in [0.1, 0.15) is 28.8 Å². The van der Waals surface area contributed by atoms with Crippen molar-refractivity contribution in [2.45, 2.75) is 24.7 Å². The Morgan fingerprint density at radius 2 is 1.74 bits per heavy atom. The predicted octanol–water partition coefficient (Wildman–Crippen LogP) is 4.49. The van der Waals surface area contributed by atoms with Gasteiger partial charge in [-0.2, -0.15) is 4.31 Å². The molecule has 0 aliphatic carbocycles. The molecular weight excluding hydrogens is 520 g/mol. The lowest BCUT2D eigenvalue weighted by Gasteiger charge is -2.30. The molecule has 1 saturated heterocycles. The van der Waals surface area contributed by atoms with Crippen molar-refractivity contribution in [3.63, 3.8) is 0 Å². The Bertz CT molecular complexity index is 1440. The lowest BCUT2D eigenvalue weighted by atomic mass is 9.97. The van der Waals surface area contributed by atoms with Crippen molar-refractivity contribution in [1.82, 2.24) is 9.46 Å². The molecule has 0 radical (unpaired) electrons. The molecule has 1 aromatic heterocycles. The van der Waals surface area contributed by atoms with Gasteiger partial charge in [-0.05, 0) is 44.1 Å². The van der Waals surface area contributed by atoms with Crippen molar-refractivity contribution < 1.29 is 36.0 Å². The van der Waals surface area contributed by atoms with Crippen molar-refractivity contribution in [3.05, 3.63) is 65.1 Å². The van der Waals surface area contributed by atoms with Gasteiger partial charge in [0, 0.05) is 54.5 Å². The fourth-order valence-corrected chi connectivity index (χ4v) is 5.93. The lowest BCUT2D eigenvalue weighted by molar-refractivity contribution is -0.120. The van der Waals surface area contributed by atoms with Gasteiger partial charge < -0.3 is 19.3 Å². The maximum absolute atomic E-state index is 14.0. The summed E-state index contributed by atoms with van der Waals surface area (Å²) in [6.07, 6.45) is 3.19. The number of hydrogen-bond acceptors (Lipinski definition) is 7. The second kappa shape index (κ2) is 11.3. The summed E-state index contributed by atoms with van der Waals surface area (Å²) in [5.41, 5.74) is 0.718. The average Bonchev–Trinajstić information content (AvgIpc) is 3.28. The SMILES string of the molecule is COc1cc(NC(=O)C2CCN(S(=O)(=O)c3c(C)noc3C=Cc3ccc(F)cc3F)CC2)cc(OC)c1. The third kappa shape index (κ3) is 5.86. The van der Waals surface area contributed by atoms with Gasteiger partial charge in [0.05, 0.1) is 14.2 Å². The Labute approximate surface area is 219 Å². The number of piperidine rings is 1. The summed E-state index contributed by atoms with van der Waals surface area (Å²) in [5.74, 6) is -1.17. The van der Waals surface area contributed by atoms with Gasteiger partial charge in [-0.3, -0.25) is 4.79 Å². The first-order valence-electron chi connectivity index (χ1n) is 11.8. The molecule has 1 N–H and O–H groups in total. The van der Waals surface area contributed by atoms with Crippen molar-refractivity contribution in [3.8, 4) is 11.5 Å². The average molecular weight is 548 g/mol. The highest BCUT2D eigenvalue weighted by Crippen LogP contribution is 2.31. The van der Waals surface area contributed by atoms with Crippen LogP contribution in [0.5, 0.6) is 11.5 Å². The zero-order valence-electron chi connectivity index (χ0n) is 21.0. The number of benzene rings is 2. The number of nitrogens with one attached hydrogen (secondary N) is 1. The van der Waals surface area contributed by atoms with Crippen LogP contribution in [0.4, 0.5) is 14.5 Å². The van der Waals surface area contributed by atoms with Crippen LogP contribution in [0.1, 0.15) is 29.9 Å². The van der Waals surface area contributed by atoms with Gasteiger partial charge in [0.15, 0.2) is 10.7 Å². The topological polar surface area (TPSA) is 111 Å². The minimum absolute atomic E-state index is 0.0595. The second-order valence-corrected chi connectivity index (χ2v) is 10.6. The summed E-state index contributed by atoms with van der Waals surface area (Å²) in [6, 6.07) is 8.08. The summed E-state index contributed by atoms with van der Waals surface area (Å²) >= 11 is 0. The number of nitrogens with zero attached hydrogens (tertiary/aromatic N) is 2. The van der Waals surface area contributed by atoms with Gasteiger partial charge in [0.25, 0.3) is 0 Å². The predicted molar refractivity (Wildman–Crippen MR) is 136 cm³/mol. The van der Waals surface area contributed by atoms with Crippen LogP contribution < -0.4 is 14.8 Å². The third-order valence-corrected chi connectivity index (χ3v) is 8.31. The molecule has 0 unspecified atom stereocenters. The molecule has 2 aromatic carbocycles. The van der Waals surface area contributed by atoms with E-state index in [9.17, 15) is 22.0 Å². The Hall–Kier alpha value is -3.77. The molecule has 1 amide bonds. The number of halogens is 2. The van der Waals surface area contributed by atoms with Crippen LogP contribution in [0.2, 0.25) is 0 Å². The highest BCUT2D eigenvalue weighted by atomic mass is 32.2. The van der Waals surface area contributed by atoms with E-state index < -0.39 is 27.6 Å². The normalized spacial score (nSPS) is 15.1. The quantitative estimate of drug-likeness (QED) is 0.442. The number of carbonyl (C=O) groups excluding carboxylic acids is 1. The number of ether oxygens (including phenoxy) is 2. The van der Waals surface area contributed by atoms with Crippen LogP contribution in [0.25, 0.3) is 12.2 Å². The second-order valence-electron chi connectivity index (χ2n) is 8.73. The molecule has 12 heteroatoms. The molecule has 0 atom stereocenters. The lowest BCUT2D eigenvalue weighted by Crippen LogP contribution is -2.41. The smallest absolute Gasteiger partial charge is 0.248 e. The van der Waals surface area contributed by atoms with E-state index >= 15 is 0 Å². The molecule has 2 heterocycles. The molecule has 38 heavy (non-hydrogen) atoms. The largest absolute Gasteiger partial charge is 0.497 e. The molecule has 1 fully saturated rings. The number of rotatable bonds is 8. The molecule has 4 rings (SSSR count). The van der Waals surface area contributed by atoms with Crippen molar-refractivity contribution in [1.29, 1.82) is 0 Å². The number of sulfonamides is 1. The molecule has 202 valence electrons. The number of hydrogen-bond donors (Lipinski definition) is 1. The Kier molecular flexibility index (Phi) is 8.12. The molecule has 1 aliphatic heterocycles. The van der Waals surface area contributed by atoms with Gasteiger partial charge in [-0.1, -0.05) is 5.16 Å². The number of aromatic nitrogens is 1. The maximum Gasteiger partial charge on any atom is 0.248 e. The Balaban J connectivity index is 1.45. The number of carbonyl (C=O) groups is 1. The molecule has 1 aliphatic rings. The standard InChI is InChI=1S/C26H27F2N3O6S/c1-16-25(24(37-30-16)7-5-17-4-6-19(27)12-23(17)28)38(33,34)31-10-8-18(9-11-31)26(32)29-20-13-21(35-2)15-22(14-20)36-3/h4-7,12-15,18H,8-11H2,1-3H3,(H,29,32). The molecule has 9 nitrogen and oxygen atoms in total. The summed E-state index contributed by atoms with van der Waals surface area (Å²) in [4.78, 5) is 12.7. The van der Waals surface area contributed by atoms with Crippen LogP contribution in [0.3, 0.4) is 0 Å². The van der Waals surface area contributed by atoms with Gasteiger partial charge in [0.2, 0.25) is 15.9 Å². The van der Waals surface area contributed by atoms with E-state index in [1.54, 1.807) is 18.2 Å². The van der Waals surface area contributed by atoms with E-state index in [1.807, 2.05) is 0 Å². The number of amides is 1. The minimum Gasteiger partial charge on any atom is -0.497 e. The zero-order chi connectivity index (χ0) is 27.4. The van der Waals surface area contributed by atoms with Crippen LogP contribution in [0.15, 0.2) is 45.8 Å². The molecule has 0 bridgehead atoms. The monoisotopic (exact) mass is 547 g/mol. The van der Waals surface area contributed by atoms with Crippen LogP contribution >= 0.6 is 0 Å². The maximum atomic E-state index is 14.0. The van der Waals surface area contributed by atoms with Crippen molar-refractivity contribution in [2.75, 3.05) is 32.6 Å². The van der Waals surface area contributed by atoms with Gasteiger partial charge in [-0.15, -0.1) is 0 Å². The first-order valence-corrected chi connectivity index (χ1v) is 13.2. The van der Waals surface area contributed by atoms with E-state index in [0.29, 0.717) is 30.0 Å². The first kappa shape index (κ1) is 27.3. The fraction of sp³-hybridized carbons (Fsp3) is 0.308. The summed E-state index contributed by atoms with van der Waals surface area (Å²) in [7, 11) is -1.000. The fourth-order valence-electron chi connectivity index (χ4n) is 4.21. The summed E-state index contributed by atoms with van der Waals surface area (Å²) in [5, 5.41) is 6.62.